The van der Waals surface area contributed by atoms with Gasteiger partial charge >= 0.3 is 0 Å². The minimum atomic E-state index is -0.280. The largest absolute Gasteiger partial charge is 0.345 e. The maximum absolute atomic E-state index is 12.0. The topological polar surface area (TPSA) is 59.8 Å². The Hall–Kier alpha value is -1.05. The van der Waals surface area contributed by atoms with Crippen molar-refractivity contribution in [3.63, 3.8) is 0 Å². The molecule has 8 heteroatoms. The quantitative estimate of drug-likeness (QED) is 0.915. The SMILES string of the molecule is CSCc1nc(CNC(=O)c2nn(C)c(C)c2Cl)cs1. The van der Waals surface area contributed by atoms with E-state index >= 15 is 0 Å². The summed E-state index contributed by atoms with van der Waals surface area (Å²) in [4.78, 5) is 16.5. The summed E-state index contributed by atoms with van der Waals surface area (Å²) in [7, 11) is 1.76. The van der Waals surface area contributed by atoms with Crippen LogP contribution in [0, 0.1) is 6.92 Å². The van der Waals surface area contributed by atoms with E-state index in [1.165, 1.54) is 0 Å². The van der Waals surface area contributed by atoms with Crippen LogP contribution in [0.25, 0.3) is 0 Å². The predicted octanol–water partition coefficient (Wildman–Crippen LogP) is 2.63. The van der Waals surface area contributed by atoms with E-state index in [1.54, 1.807) is 34.8 Å². The lowest BCUT2D eigenvalue weighted by atomic mass is 10.3. The minimum Gasteiger partial charge on any atom is -0.345 e. The number of nitrogens with one attached hydrogen (secondary N) is 1. The van der Waals surface area contributed by atoms with Crippen molar-refractivity contribution in [1.82, 2.24) is 20.1 Å². The minimum absolute atomic E-state index is 0.256. The van der Waals surface area contributed by atoms with E-state index in [4.69, 9.17) is 11.6 Å². The average Bonchev–Trinajstić information content (AvgIpc) is 2.97. The first kappa shape index (κ1) is 15.3. The number of carbonyl (C=O) groups excluding carboxylic acids is 1. The Morgan fingerprint density at radius 1 is 1.60 bits per heavy atom. The highest BCUT2D eigenvalue weighted by molar-refractivity contribution is 7.97. The van der Waals surface area contributed by atoms with Gasteiger partial charge in [0, 0.05) is 18.2 Å². The van der Waals surface area contributed by atoms with Crippen LogP contribution in [0.4, 0.5) is 0 Å². The predicted molar refractivity (Wildman–Crippen MR) is 83.5 cm³/mol. The fourth-order valence-electron chi connectivity index (χ4n) is 1.60. The van der Waals surface area contributed by atoms with Crippen molar-refractivity contribution < 1.29 is 4.79 Å². The molecular weight excluding hydrogens is 316 g/mol. The molecule has 1 N–H and O–H groups in total. The van der Waals surface area contributed by atoms with Gasteiger partial charge in [-0.2, -0.15) is 16.9 Å². The number of thioether (sulfide) groups is 1. The number of hydrogen-bond acceptors (Lipinski definition) is 5. The molecule has 2 aromatic heterocycles. The molecule has 0 aromatic carbocycles. The van der Waals surface area contributed by atoms with Gasteiger partial charge in [-0.15, -0.1) is 11.3 Å². The molecule has 2 rings (SSSR count). The Labute approximate surface area is 130 Å². The monoisotopic (exact) mass is 330 g/mol. The molecule has 2 heterocycles. The van der Waals surface area contributed by atoms with Crippen molar-refractivity contribution in [3.05, 3.63) is 32.5 Å². The van der Waals surface area contributed by atoms with Crippen molar-refractivity contribution in [3.8, 4) is 0 Å². The Kier molecular flexibility index (Phi) is 5.06. The van der Waals surface area contributed by atoms with Gasteiger partial charge in [-0.25, -0.2) is 4.98 Å². The first-order chi connectivity index (χ1) is 9.52. The third-order valence-corrected chi connectivity index (χ3v) is 4.87. The molecule has 20 heavy (non-hydrogen) atoms. The molecule has 0 unspecified atom stereocenters. The van der Waals surface area contributed by atoms with Crippen molar-refractivity contribution >= 4 is 40.6 Å². The van der Waals surface area contributed by atoms with Crippen LogP contribution < -0.4 is 5.32 Å². The van der Waals surface area contributed by atoms with E-state index < -0.39 is 0 Å². The second-order valence-corrected chi connectivity index (χ2v) is 6.41. The summed E-state index contributed by atoms with van der Waals surface area (Å²) < 4.78 is 1.59. The van der Waals surface area contributed by atoms with E-state index in [9.17, 15) is 4.79 Å². The van der Waals surface area contributed by atoms with Crippen molar-refractivity contribution in [2.24, 2.45) is 7.05 Å². The standard InChI is InChI=1S/C12H15ClN4OS2/c1-7-10(13)11(16-17(7)2)12(18)14-4-8-5-20-9(15-8)6-19-3/h5H,4,6H2,1-3H3,(H,14,18). The number of nitrogens with zero attached hydrogens (tertiary/aromatic N) is 3. The molecule has 0 saturated carbocycles. The zero-order valence-corrected chi connectivity index (χ0v) is 13.8. The molecular formula is C12H15ClN4OS2. The van der Waals surface area contributed by atoms with Crippen molar-refractivity contribution in [2.75, 3.05) is 6.26 Å². The van der Waals surface area contributed by atoms with Crippen LogP contribution in [0.15, 0.2) is 5.38 Å². The molecule has 0 atom stereocenters. The normalized spacial score (nSPS) is 10.8. The third kappa shape index (κ3) is 3.34. The molecule has 0 aliphatic rings. The highest BCUT2D eigenvalue weighted by Crippen LogP contribution is 2.19. The van der Waals surface area contributed by atoms with Gasteiger partial charge in [-0.1, -0.05) is 11.6 Å². The van der Waals surface area contributed by atoms with Gasteiger partial charge in [-0.05, 0) is 13.2 Å². The van der Waals surface area contributed by atoms with Crippen LogP contribution in [-0.4, -0.2) is 26.9 Å². The van der Waals surface area contributed by atoms with Crippen LogP contribution in [-0.2, 0) is 19.3 Å². The number of aromatic nitrogens is 3. The van der Waals surface area contributed by atoms with E-state index in [-0.39, 0.29) is 11.6 Å². The summed E-state index contributed by atoms with van der Waals surface area (Å²) in [6, 6.07) is 0. The number of halogens is 1. The van der Waals surface area contributed by atoms with Crippen LogP contribution in [0.1, 0.15) is 26.9 Å². The summed E-state index contributed by atoms with van der Waals surface area (Å²) in [5.41, 5.74) is 1.88. The van der Waals surface area contributed by atoms with Gasteiger partial charge in [0.05, 0.1) is 23.0 Å². The van der Waals surface area contributed by atoms with E-state index in [2.05, 4.69) is 15.4 Å². The molecule has 1 amide bonds. The molecule has 5 nitrogen and oxygen atoms in total. The molecule has 0 spiro atoms. The lowest BCUT2D eigenvalue weighted by Gasteiger charge is -2.00. The summed E-state index contributed by atoms with van der Waals surface area (Å²) in [6.07, 6.45) is 2.04. The molecule has 0 fully saturated rings. The number of rotatable bonds is 5. The second kappa shape index (κ2) is 6.60. The van der Waals surface area contributed by atoms with E-state index in [0.29, 0.717) is 11.6 Å². The lowest BCUT2D eigenvalue weighted by Crippen LogP contribution is -2.23. The fourth-order valence-corrected chi connectivity index (χ4v) is 3.36. The van der Waals surface area contributed by atoms with Crippen LogP contribution in [0.2, 0.25) is 5.02 Å². The van der Waals surface area contributed by atoms with E-state index in [1.807, 2.05) is 18.6 Å². The van der Waals surface area contributed by atoms with Gasteiger partial charge in [0.15, 0.2) is 5.69 Å². The number of aryl methyl sites for hydroxylation is 1. The zero-order chi connectivity index (χ0) is 14.7. The summed E-state index contributed by atoms with van der Waals surface area (Å²) in [5.74, 6) is 0.613. The average molecular weight is 331 g/mol. The highest BCUT2D eigenvalue weighted by Gasteiger charge is 2.18. The molecule has 0 radical (unpaired) electrons. The van der Waals surface area contributed by atoms with Crippen LogP contribution in [0.5, 0.6) is 0 Å². The van der Waals surface area contributed by atoms with Gasteiger partial charge < -0.3 is 5.32 Å². The van der Waals surface area contributed by atoms with Crippen molar-refractivity contribution in [2.45, 2.75) is 19.2 Å². The number of hydrogen-bond donors (Lipinski definition) is 1. The first-order valence-electron chi connectivity index (χ1n) is 5.92. The number of carbonyl (C=O) groups is 1. The molecule has 0 saturated heterocycles. The van der Waals surface area contributed by atoms with Gasteiger partial charge in [-0.3, -0.25) is 9.48 Å². The second-order valence-electron chi connectivity index (χ2n) is 4.22. The van der Waals surface area contributed by atoms with E-state index in [0.717, 1.165) is 22.1 Å². The fraction of sp³-hybridized carbons (Fsp3) is 0.417. The number of amides is 1. The molecule has 2 aromatic rings. The summed E-state index contributed by atoms with van der Waals surface area (Å²) in [6.45, 7) is 2.21. The number of thiazole rings is 1. The molecule has 0 aliphatic carbocycles. The lowest BCUT2D eigenvalue weighted by molar-refractivity contribution is 0.0945. The third-order valence-electron chi connectivity index (χ3n) is 2.77. The Balaban J connectivity index is 1.99. The van der Waals surface area contributed by atoms with Gasteiger partial charge in [0.25, 0.3) is 5.91 Å². The maximum Gasteiger partial charge on any atom is 0.273 e. The Bertz CT molecular complexity index is 623. The molecule has 0 aliphatic heterocycles. The van der Waals surface area contributed by atoms with Crippen molar-refractivity contribution in [1.29, 1.82) is 0 Å². The zero-order valence-electron chi connectivity index (χ0n) is 11.4. The highest BCUT2D eigenvalue weighted by atomic mass is 35.5. The van der Waals surface area contributed by atoms with Crippen LogP contribution in [0.3, 0.4) is 0 Å². The summed E-state index contributed by atoms with van der Waals surface area (Å²) in [5, 5.41) is 10.3. The first-order valence-corrected chi connectivity index (χ1v) is 8.57. The Morgan fingerprint density at radius 3 is 2.95 bits per heavy atom. The van der Waals surface area contributed by atoms with Crippen LogP contribution >= 0.6 is 34.7 Å². The summed E-state index contributed by atoms with van der Waals surface area (Å²) >= 11 is 9.40. The molecule has 108 valence electrons. The smallest absolute Gasteiger partial charge is 0.273 e. The molecule has 0 bridgehead atoms. The maximum atomic E-state index is 12.0. The Morgan fingerprint density at radius 2 is 2.35 bits per heavy atom. The van der Waals surface area contributed by atoms with Gasteiger partial charge in [0.2, 0.25) is 0 Å². The van der Waals surface area contributed by atoms with Gasteiger partial charge in [0.1, 0.15) is 5.01 Å².